The summed E-state index contributed by atoms with van der Waals surface area (Å²) < 4.78 is 51.1. The predicted octanol–water partition coefficient (Wildman–Crippen LogP) is 4.80. The molecule has 0 N–H and O–H groups in total. The number of hydrogen-bond acceptors (Lipinski definition) is 6. The number of halogens is 4. The minimum atomic E-state index is -4.98. The SMILES string of the molecule is CCOC(=O)C1=C(C(F)(F)F)N=c2s/c(=C/c3cc(C)n(-c4cccnc4)c3C)c(=O)n2[C@@H]1c1ccc(Cl)cc1. The number of aryl methyl sites for hydroxylation is 1. The molecule has 1 aliphatic heterocycles. The van der Waals surface area contributed by atoms with E-state index < -0.39 is 35.0 Å². The molecular formula is C28H22ClF3N4O3S. The number of nitrogens with zero attached hydrogens (tertiary/aromatic N) is 4. The van der Waals surface area contributed by atoms with Gasteiger partial charge in [0, 0.05) is 22.6 Å². The second-order valence-electron chi connectivity index (χ2n) is 8.99. The largest absolute Gasteiger partial charge is 0.463 e. The lowest BCUT2D eigenvalue weighted by Crippen LogP contribution is -2.41. The summed E-state index contributed by atoms with van der Waals surface area (Å²) in [6, 6.07) is 10.1. The smallest absolute Gasteiger partial charge is 0.434 e. The Labute approximate surface area is 235 Å². The van der Waals surface area contributed by atoms with Crippen LogP contribution in [0.2, 0.25) is 5.02 Å². The summed E-state index contributed by atoms with van der Waals surface area (Å²) in [4.78, 5) is 34.5. The summed E-state index contributed by atoms with van der Waals surface area (Å²) in [6.07, 6.45) is 0.0192. The lowest BCUT2D eigenvalue weighted by Gasteiger charge is -2.26. The van der Waals surface area contributed by atoms with Crippen LogP contribution in [0.25, 0.3) is 11.8 Å². The average Bonchev–Trinajstić information content (AvgIpc) is 3.37. The third-order valence-electron chi connectivity index (χ3n) is 6.44. The van der Waals surface area contributed by atoms with Crippen LogP contribution in [0.15, 0.2) is 75.9 Å². The fraction of sp³-hybridized carbons (Fsp3) is 0.214. The second-order valence-corrected chi connectivity index (χ2v) is 10.4. The van der Waals surface area contributed by atoms with Crippen molar-refractivity contribution in [2.75, 3.05) is 6.61 Å². The van der Waals surface area contributed by atoms with E-state index in [0.29, 0.717) is 10.6 Å². The molecule has 0 bridgehead atoms. The molecule has 0 saturated carbocycles. The Morgan fingerprint density at radius 3 is 2.55 bits per heavy atom. The van der Waals surface area contributed by atoms with E-state index in [0.717, 1.165) is 33.0 Å². The van der Waals surface area contributed by atoms with Crippen molar-refractivity contribution in [1.82, 2.24) is 14.1 Å². The monoisotopic (exact) mass is 586 g/mol. The van der Waals surface area contributed by atoms with Crippen molar-refractivity contribution in [3.05, 3.63) is 113 Å². The van der Waals surface area contributed by atoms with Gasteiger partial charge in [-0.3, -0.25) is 14.3 Å². The predicted molar refractivity (Wildman–Crippen MR) is 145 cm³/mol. The highest BCUT2D eigenvalue weighted by atomic mass is 35.5. The van der Waals surface area contributed by atoms with Crippen molar-refractivity contribution < 1.29 is 22.7 Å². The van der Waals surface area contributed by atoms with Gasteiger partial charge in [0.05, 0.1) is 34.6 Å². The number of alkyl halides is 3. The Balaban J connectivity index is 1.77. The Morgan fingerprint density at radius 1 is 1.20 bits per heavy atom. The van der Waals surface area contributed by atoms with Crippen LogP contribution in [0.1, 0.15) is 35.5 Å². The summed E-state index contributed by atoms with van der Waals surface area (Å²) in [7, 11) is 0. The van der Waals surface area contributed by atoms with E-state index in [9.17, 15) is 22.8 Å². The standard InChI is InChI=1S/C28H22ClF3N4O3S/c1-4-39-26(38)22-23(17-7-9-19(29)10-8-17)36-25(37)21(40-27(36)34-24(22)28(30,31)32)13-18-12-15(2)35(16(18)3)20-6-5-11-33-14-20/h5-14,23H,4H2,1-3H3/b21-13+/t23-/m1/s1. The molecule has 1 aromatic carbocycles. The van der Waals surface area contributed by atoms with Crippen LogP contribution < -0.4 is 14.9 Å². The van der Waals surface area contributed by atoms with Gasteiger partial charge >= 0.3 is 12.1 Å². The van der Waals surface area contributed by atoms with Crippen LogP contribution >= 0.6 is 22.9 Å². The Morgan fingerprint density at radius 2 is 1.93 bits per heavy atom. The molecule has 5 rings (SSSR count). The van der Waals surface area contributed by atoms with Gasteiger partial charge < -0.3 is 9.30 Å². The highest BCUT2D eigenvalue weighted by molar-refractivity contribution is 7.07. The molecule has 0 spiro atoms. The van der Waals surface area contributed by atoms with Gasteiger partial charge in [-0.05, 0) is 68.3 Å². The van der Waals surface area contributed by atoms with E-state index in [1.165, 1.54) is 31.2 Å². The Hall–Kier alpha value is -3.96. The minimum absolute atomic E-state index is 0.155. The number of allylic oxidation sites excluding steroid dienone is 1. The maximum atomic E-state index is 14.3. The second kappa shape index (κ2) is 10.5. The van der Waals surface area contributed by atoms with Crippen LogP contribution in [-0.2, 0) is 9.53 Å². The van der Waals surface area contributed by atoms with E-state index in [-0.39, 0.29) is 21.5 Å². The van der Waals surface area contributed by atoms with E-state index in [1.54, 1.807) is 18.5 Å². The zero-order valence-corrected chi connectivity index (χ0v) is 23.1. The molecule has 12 heteroatoms. The van der Waals surface area contributed by atoms with Crippen molar-refractivity contribution in [1.29, 1.82) is 0 Å². The van der Waals surface area contributed by atoms with E-state index in [4.69, 9.17) is 16.3 Å². The number of aromatic nitrogens is 3. The van der Waals surface area contributed by atoms with Crippen LogP contribution in [-0.4, -0.2) is 32.9 Å². The number of hydrogen-bond donors (Lipinski definition) is 0. The van der Waals surface area contributed by atoms with Gasteiger partial charge in [0.25, 0.3) is 5.56 Å². The van der Waals surface area contributed by atoms with Gasteiger partial charge in [-0.1, -0.05) is 35.1 Å². The number of fused-ring (bicyclic) bond motifs is 1. The number of carbonyl (C=O) groups is 1. The molecule has 0 radical (unpaired) electrons. The normalized spacial score (nSPS) is 15.7. The molecule has 4 heterocycles. The van der Waals surface area contributed by atoms with Gasteiger partial charge in [0.1, 0.15) is 0 Å². The van der Waals surface area contributed by atoms with Crippen molar-refractivity contribution in [3.8, 4) is 5.69 Å². The number of carbonyl (C=O) groups excluding carboxylic acids is 1. The topological polar surface area (TPSA) is 78.5 Å². The zero-order valence-electron chi connectivity index (χ0n) is 21.5. The van der Waals surface area contributed by atoms with E-state index in [2.05, 4.69) is 9.98 Å². The third kappa shape index (κ3) is 4.90. The number of pyridine rings is 1. The number of thiazole rings is 1. The van der Waals surface area contributed by atoms with Gasteiger partial charge in [-0.15, -0.1) is 0 Å². The molecule has 0 aliphatic carbocycles. The molecule has 1 aliphatic rings. The highest BCUT2D eigenvalue weighted by Crippen LogP contribution is 2.38. The number of benzene rings is 1. The van der Waals surface area contributed by atoms with E-state index >= 15 is 0 Å². The first kappa shape index (κ1) is 27.6. The van der Waals surface area contributed by atoms with Gasteiger partial charge in [-0.25, -0.2) is 9.79 Å². The quantitative estimate of drug-likeness (QED) is 0.315. The minimum Gasteiger partial charge on any atom is -0.463 e. The Bertz CT molecular complexity index is 1820. The maximum Gasteiger partial charge on any atom is 0.434 e. The molecule has 206 valence electrons. The Kier molecular flexibility index (Phi) is 7.28. The van der Waals surface area contributed by atoms with Crippen LogP contribution in [0, 0.1) is 13.8 Å². The molecule has 0 unspecified atom stereocenters. The number of ether oxygens (including phenoxy) is 1. The summed E-state index contributed by atoms with van der Waals surface area (Å²) in [5.74, 6) is -1.20. The van der Waals surface area contributed by atoms with Crippen LogP contribution in [0.3, 0.4) is 0 Å². The fourth-order valence-electron chi connectivity index (χ4n) is 4.76. The average molecular weight is 587 g/mol. The molecule has 40 heavy (non-hydrogen) atoms. The fourth-order valence-corrected chi connectivity index (χ4v) is 5.88. The first-order valence-electron chi connectivity index (χ1n) is 12.2. The van der Waals surface area contributed by atoms with Crippen molar-refractivity contribution in [3.63, 3.8) is 0 Å². The molecule has 0 amide bonds. The molecule has 1 atom stereocenters. The first-order chi connectivity index (χ1) is 19.0. The van der Waals surface area contributed by atoms with Crippen LogP contribution in [0.5, 0.6) is 0 Å². The lowest BCUT2D eigenvalue weighted by molar-refractivity contribution is -0.140. The van der Waals surface area contributed by atoms with Crippen molar-refractivity contribution in [2.24, 2.45) is 4.99 Å². The van der Waals surface area contributed by atoms with Crippen molar-refractivity contribution in [2.45, 2.75) is 33.0 Å². The lowest BCUT2D eigenvalue weighted by atomic mass is 9.95. The molecule has 0 saturated heterocycles. The molecule has 7 nitrogen and oxygen atoms in total. The summed E-state index contributed by atoms with van der Waals surface area (Å²) in [5, 5.41) is 0.345. The molecular weight excluding hydrogens is 565 g/mol. The third-order valence-corrected chi connectivity index (χ3v) is 7.68. The summed E-state index contributed by atoms with van der Waals surface area (Å²) in [6.45, 7) is 5.11. The number of rotatable bonds is 5. The summed E-state index contributed by atoms with van der Waals surface area (Å²) in [5.41, 5.74) is 0.746. The molecule has 4 aromatic rings. The van der Waals surface area contributed by atoms with E-state index in [1.807, 2.05) is 36.6 Å². The molecule has 3 aromatic heterocycles. The summed E-state index contributed by atoms with van der Waals surface area (Å²) >= 11 is 6.84. The maximum absolute atomic E-state index is 14.3. The van der Waals surface area contributed by atoms with Crippen LogP contribution in [0.4, 0.5) is 13.2 Å². The van der Waals surface area contributed by atoms with Crippen molar-refractivity contribution >= 4 is 35.0 Å². The van der Waals surface area contributed by atoms with Gasteiger partial charge in [0.2, 0.25) is 0 Å². The molecule has 0 fully saturated rings. The number of esters is 1. The van der Waals surface area contributed by atoms with Gasteiger partial charge in [0.15, 0.2) is 10.5 Å². The van der Waals surface area contributed by atoms with Gasteiger partial charge in [-0.2, -0.15) is 13.2 Å². The first-order valence-corrected chi connectivity index (χ1v) is 13.4. The zero-order chi connectivity index (χ0) is 28.8. The highest BCUT2D eigenvalue weighted by Gasteiger charge is 2.45.